The second-order valence-electron chi connectivity index (χ2n) is 4.30. The topological polar surface area (TPSA) is 88.9 Å². The van der Waals surface area contributed by atoms with Crippen LogP contribution in [0, 0.1) is 0 Å². The summed E-state index contributed by atoms with van der Waals surface area (Å²) in [7, 11) is 0. The van der Waals surface area contributed by atoms with Gasteiger partial charge in [-0.05, 0) is 12.1 Å². The van der Waals surface area contributed by atoms with Crippen LogP contribution in [-0.4, -0.2) is 31.5 Å². The first-order chi connectivity index (χ1) is 10.2. The van der Waals surface area contributed by atoms with E-state index in [0.717, 1.165) is 5.56 Å². The Kier molecular flexibility index (Phi) is 3.34. The van der Waals surface area contributed by atoms with Crippen LogP contribution in [-0.2, 0) is 0 Å². The van der Waals surface area contributed by atoms with E-state index in [1.54, 1.807) is 12.1 Å². The summed E-state index contributed by atoms with van der Waals surface area (Å²) in [6.45, 7) is 0. The first-order valence-electron chi connectivity index (χ1n) is 6.20. The van der Waals surface area contributed by atoms with Crippen molar-refractivity contribution in [1.82, 2.24) is 20.4 Å². The summed E-state index contributed by atoms with van der Waals surface area (Å²) < 4.78 is 0. The van der Waals surface area contributed by atoms with Crippen molar-refractivity contribution in [2.75, 3.05) is 0 Å². The average molecular weight is 278 g/mol. The summed E-state index contributed by atoms with van der Waals surface area (Å²) in [4.78, 5) is 10.8. The van der Waals surface area contributed by atoms with E-state index in [9.17, 15) is 4.79 Å². The summed E-state index contributed by atoms with van der Waals surface area (Å²) >= 11 is 0. The van der Waals surface area contributed by atoms with Gasteiger partial charge in [0.2, 0.25) is 11.6 Å². The third-order valence-corrected chi connectivity index (χ3v) is 2.90. The minimum absolute atomic E-state index is 0.209. The molecule has 0 radical (unpaired) electrons. The Labute approximate surface area is 120 Å². The molecule has 0 aliphatic rings. The van der Waals surface area contributed by atoms with Crippen LogP contribution in [0.4, 0.5) is 0 Å². The second kappa shape index (κ2) is 5.46. The number of hydrogen-bond acceptors (Lipinski definition) is 5. The van der Waals surface area contributed by atoms with Crippen molar-refractivity contribution < 1.29 is 9.90 Å². The summed E-state index contributed by atoms with van der Waals surface area (Å²) in [6, 6.07) is 15.7. The Morgan fingerprint density at radius 1 is 0.714 bits per heavy atom. The Morgan fingerprint density at radius 3 is 1.67 bits per heavy atom. The quantitative estimate of drug-likeness (QED) is 0.790. The molecule has 3 rings (SSSR count). The minimum Gasteiger partial charge on any atom is -0.478 e. The molecule has 0 atom stereocenters. The summed E-state index contributed by atoms with van der Waals surface area (Å²) in [6.07, 6.45) is 0. The zero-order valence-corrected chi connectivity index (χ0v) is 10.8. The molecule has 0 bridgehead atoms. The van der Waals surface area contributed by atoms with Gasteiger partial charge in [-0.15, -0.1) is 20.4 Å². The number of carbonyl (C=O) groups is 1. The standard InChI is InChI=1S/C15H10N4O2/c20-15(21)12-8-6-11(7-9-12)14-18-16-13(17-19-14)10-4-2-1-3-5-10/h1-9H,(H,20,21). The first-order valence-corrected chi connectivity index (χ1v) is 6.20. The number of rotatable bonds is 3. The molecule has 0 unspecified atom stereocenters. The van der Waals surface area contributed by atoms with Gasteiger partial charge in [0.1, 0.15) is 0 Å². The van der Waals surface area contributed by atoms with Crippen LogP contribution in [0.2, 0.25) is 0 Å². The number of benzene rings is 2. The van der Waals surface area contributed by atoms with Gasteiger partial charge in [-0.3, -0.25) is 0 Å². The van der Waals surface area contributed by atoms with E-state index in [1.165, 1.54) is 12.1 Å². The molecule has 2 aromatic carbocycles. The van der Waals surface area contributed by atoms with Crippen molar-refractivity contribution in [2.45, 2.75) is 0 Å². The van der Waals surface area contributed by atoms with E-state index in [2.05, 4.69) is 20.4 Å². The third-order valence-electron chi connectivity index (χ3n) is 2.90. The van der Waals surface area contributed by atoms with E-state index in [1.807, 2.05) is 30.3 Å². The summed E-state index contributed by atoms with van der Waals surface area (Å²) in [5.41, 5.74) is 1.71. The molecule has 0 aliphatic heterocycles. The van der Waals surface area contributed by atoms with Crippen molar-refractivity contribution in [2.24, 2.45) is 0 Å². The summed E-state index contributed by atoms with van der Waals surface area (Å²) in [5, 5.41) is 25.0. The van der Waals surface area contributed by atoms with Crippen LogP contribution in [0.5, 0.6) is 0 Å². The predicted molar refractivity (Wildman–Crippen MR) is 75.5 cm³/mol. The van der Waals surface area contributed by atoms with Crippen LogP contribution >= 0.6 is 0 Å². The zero-order chi connectivity index (χ0) is 14.7. The molecule has 0 fully saturated rings. The molecule has 6 nitrogen and oxygen atoms in total. The van der Waals surface area contributed by atoms with Crippen molar-refractivity contribution in [3.8, 4) is 22.8 Å². The van der Waals surface area contributed by atoms with Gasteiger partial charge >= 0.3 is 5.97 Å². The lowest BCUT2D eigenvalue weighted by molar-refractivity contribution is 0.0697. The Morgan fingerprint density at radius 2 is 1.19 bits per heavy atom. The highest BCUT2D eigenvalue weighted by Gasteiger charge is 2.07. The molecular formula is C15H10N4O2. The van der Waals surface area contributed by atoms with E-state index in [4.69, 9.17) is 5.11 Å². The van der Waals surface area contributed by atoms with Crippen LogP contribution < -0.4 is 0 Å². The maximum absolute atomic E-state index is 10.8. The normalized spacial score (nSPS) is 10.3. The van der Waals surface area contributed by atoms with E-state index < -0.39 is 5.97 Å². The minimum atomic E-state index is -0.974. The van der Waals surface area contributed by atoms with Gasteiger partial charge in [0, 0.05) is 11.1 Å². The zero-order valence-electron chi connectivity index (χ0n) is 10.8. The van der Waals surface area contributed by atoms with E-state index in [-0.39, 0.29) is 5.56 Å². The second-order valence-corrected chi connectivity index (χ2v) is 4.30. The monoisotopic (exact) mass is 278 g/mol. The SMILES string of the molecule is O=C(O)c1ccc(-c2nnc(-c3ccccc3)nn2)cc1. The lowest BCUT2D eigenvalue weighted by atomic mass is 10.1. The van der Waals surface area contributed by atoms with E-state index >= 15 is 0 Å². The van der Waals surface area contributed by atoms with Crippen molar-refractivity contribution >= 4 is 5.97 Å². The highest BCUT2D eigenvalue weighted by Crippen LogP contribution is 2.16. The maximum atomic E-state index is 10.8. The number of aromatic carboxylic acids is 1. The maximum Gasteiger partial charge on any atom is 0.335 e. The lowest BCUT2D eigenvalue weighted by Crippen LogP contribution is -2.00. The molecule has 1 heterocycles. The smallest absolute Gasteiger partial charge is 0.335 e. The molecule has 0 amide bonds. The first kappa shape index (κ1) is 12.9. The van der Waals surface area contributed by atoms with Gasteiger partial charge in [-0.2, -0.15) is 0 Å². The Balaban J connectivity index is 1.89. The number of nitrogens with zero attached hydrogens (tertiary/aromatic N) is 4. The highest BCUT2D eigenvalue weighted by molar-refractivity contribution is 5.88. The molecule has 21 heavy (non-hydrogen) atoms. The molecule has 3 aromatic rings. The molecular weight excluding hydrogens is 268 g/mol. The fourth-order valence-electron chi connectivity index (χ4n) is 1.81. The van der Waals surface area contributed by atoms with Crippen molar-refractivity contribution in [3.63, 3.8) is 0 Å². The van der Waals surface area contributed by atoms with Crippen LogP contribution in [0.1, 0.15) is 10.4 Å². The number of carboxylic acids is 1. The van der Waals surface area contributed by atoms with Gasteiger partial charge < -0.3 is 5.11 Å². The van der Waals surface area contributed by atoms with Crippen LogP contribution in [0.3, 0.4) is 0 Å². The van der Waals surface area contributed by atoms with Gasteiger partial charge in [-0.25, -0.2) is 4.79 Å². The van der Waals surface area contributed by atoms with Crippen LogP contribution in [0.15, 0.2) is 54.6 Å². The predicted octanol–water partition coefficient (Wildman–Crippen LogP) is 2.30. The molecule has 102 valence electrons. The van der Waals surface area contributed by atoms with Gasteiger partial charge in [0.15, 0.2) is 0 Å². The average Bonchev–Trinajstić information content (AvgIpc) is 2.56. The fourth-order valence-corrected chi connectivity index (χ4v) is 1.81. The highest BCUT2D eigenvalue weighted by atomic mass is 16.4. The number of hydrogen-bond donors (Lipinski definition) is 1. The van der Waals surface area contributed by atoms with Crippen molar-refractivity contribution in [1.29, 1.82) is 0 Å². The number of carboxylic acid groups (broad SMARTS) is 1. The van der Waals surface area contributed by atoms with Gasteiger partial charge in [0.05, 0.1) is 5.56 Å². The molecule has 0 saturated carbocycles. The van der Waals surface area contributed by atoms with E-state index in [0.29, 0.717) is 17.2 Å². The molecule has 1 N–H and O–H groups in total. The Bertz CT molecular complexity index is 756. The Hall–Kier alpha value is -3.15. The third kappa shape index (κ3) is 2.74. The largest absolute Gasteiger partial charge is 0.478 e. The van der Waals surface area contributed by atoms with Crippen molar-refractivity contribution in [3.05, 3.63) is 60.2 Å². The summed E-state index contributed by atoms with van der Waals surface area (Å²) in [5.74, 6) is -0.175. The molecule has 0 aliphatic carbocycles. The van der Waals surface area contributed by atoms with Gasteiger partial charge in [-0.1, -0.05) is 42.5 Å². The molecule has 0 spiro atoms. The van der Waals surface area contributed by atoms with Gasteiger partial charge in [0.25, 0.3) is 0 Å². The fraction of sp³-hybridized carbons (Fsp3) is 0. The lowest BCUT2D eigenvalue weighted by Gasteiger charge is -2.01. The molecule has 0 saturated heterocycles. The molecule has 6 heteroatoms. The van der Waals surface area contributed by atoms with Crippen LogP contribution in [0.25, 0.3) is 22.8 Å². The molecule has 1 aromatic heterocycles. The number of aromatic nitrogens is 4.